The van der Waals surface area contributed by atoms with Crippen molar-refractivity contribution in [3.05, 3.63) is 63.6 Å². The van der Waals surface area contributed by atoms with Gasteiger partial charge in [0, 0.05) is 0 Å². The Kier molecular flexibility index (Phi) is 4.44. The minimum absolute atomic E-state index is 0.481. The topological polar surface area (TPSA) is 0 Å². The molecule has 1 aromatic carbocycles. The summed E-state index contributed by atoms with van der Waals surface area (Å²) in [6.07, 6.45) is 16.2. The van der Waals surface area contributed by atoms with Crippen molar-refractivity contribution >= 4 is 18.2 Å². The van der Waals surface area contributed by atoms with Crippen LogP contribution in [0.4, 0.5) is 0 Å². The van der Waals surface area contributed by atoms with E-state index in [0.717, 1.165) is 6.42 Å². The molecule has 1 aliphatic carbocycles. The first-order valence-corrected chi connectivity index (χ1v) is 7.41. The van der Waals surface area contributed by atoms with Crippen LogP contribution in [-0.4, -0.2) is 0 Å². The molecule has 1 unspecified atom stereocenters. The highest BCUT2D eigenvalue weighted by Crippen LogP contribution is 2.17. The fourth-order valence-electron chi connectivity index (χ4n) is 3.06. The Morgan fingerprint density at radius 2 is 1.95 bits per heavy atom. The van der Waals surface area contributed by atoms with Gasteiger partial charge in [-0.2, -0.15) is 0 Å². The van der Waals surface area contributed by atoms with Crippen LogP contribution in [0.1, 0.15) is 36.1 Å². The molecule has 0 heteroatoms. The fraction of sp³-hybridized carbons (Fsp3) is 0.300. The summed E-state index contributed by atoms with van der Waals surface area (Å²) in [5.74, 6) is 0.481. The number of rotatable bonds is 3. The molecule has 20 heavy (non-hydrogen) atoms. The van der Waals surface area contributed by atoms with Crippen LogP contribution in [0.5, 0.6) is 0 Å². The maximum Gasteiger partial charge on any atom is -0.00694 e. The predicted molar refractivity (Wildman–Crippen MR) is 91.0 cm³/mol. The lowest BCUT2D eigenvalue weighted by Gasteiger charge is -2.14. The Hall–Kier alpha value is -1.82. The summed E-state index contributed by atoms with van der Waals surface area (Å²) in [7, 11) is 0. The molecule has 2 rings (SSSR count). The first-order chi connectivity index (χ1) is 9.60. The smallest absolute Gasteiger partial charge is 0.00694 e. The third kappa shape index (κ3) is 2.56. The highest BCUT2D eigenvalue weighted by atomic mass is 14.1. The molecule has 0 spiro atoms. The van der Waals surface area contributed by atoms with Gasteiger partial charge in [0.15, 0.2) is 0 Å². The predicted octanol–water partition coefficient (Wildman–Crippen LogP) is 3.83. The zero-order chi connectivity index (χ0) is 14.7. The van der Waals surface area contributed by atoms with Crippen molar-refractivity contribution in [3.8, 4) is 0 Å². The van der Waals surface area contributed by atoms with Gasteiger partial charge in [-0.25, -0.2) is 0 Å². The van der Waals surface area contributed by atoms with E-state index in [2.05, 4.69) is 64.7 Å². The van der Waals surface area contributed by atoms with Crippen molar-refractivity contribution in [2.75, 3.05) is 0 Å². The van der Waals surface area contributed by atoms with Gasteiger partial charge in [-0.05, 0) is 58.9 Å². The third-order valence-corrected chi connectivity index (χ3v) is 4.14. The molecule has 0 heterocycles. The lowest BCUT2D eigenvalue weighted by molar-refractivity contribution is 0.993. The number of allylic oxidation sites excluding steroid dienone is 4. The molecule has 0 N–H and O–H groups in total. The quantitative estimate of drug-likeness (QED) is 0.728. The van der Waals surface area contributed by atoms with Crippen LogP contribution >= 0.6 is 0 Å². The monoisotopic (exact) mass is 264 g/mol. The number of fused-ring (bicyclic) bond motifs is 1. The van der Waals surface area contributed by atoms with Gasteiger partial charge < -0.3 is 0 Å². The van der Waals surface area contributed by atoms with Crippen LogP contribution in [0, 0.1) is 19.8 Å². The van der Waals surface area contributed by atoms with E-state index in [1.54, 1.807) is 0 Å². The van der Waals surface area contributed by atoms with Crippen molar-refractivity contribution in [2.24, 2.45) is 5.92 Å². The van der Waals surface area contributed by atoms with Crippen molar-refractivity contribution in [2.45, 2.75) is 34.1 Å². The summed E-state index contributed by atoms with van der Waals surface area (Å²) in [5, 5.41) is 2.77. The minimum atomic E-state index is 0.481. The van der Waals surface area contributed by atoms with E-state index in [1.807, 2.05) is 12.2 Å². The van der Waals surface area contributed by atoms with Crippen LogP contribution in [0.15, 0.2) is 30.9 Å². The molecule has 0 aromatic heterocycles. The van der Waals surface area contributed by atoms with Crippen LogP contribution < -0.4 is 10.4 Å². The van der Waals surface area contributed by atoms with Crippen molar-refractivity contribution in [1.82, 2.24) is 0 Å². The average Bonchev–Trinajstić information content (AvgIpc) is 2.63. The Labute approximate surface area is 122 Å². The molecule has 104 valence electrons. The van der Waals surface area contributed by atoms with E-state index in [1.165, 1.54) is 32.7 Å². The molecule has 1 atom stereocenters. The van der Waals surface area contributed by atoms with Crippen molar-refractivity contribution in [3.63, 3.8) is 0 Å². The second-order valence-electron chi connectivity index (χ2n) is 5.50. The second kappa shape index (κ2) is 6.09. The van der Waals surface area contributed by atoms with E-state index in [0.29, 0.717) is 5.92 Å². The summed E-state index contributed by atoms with van der Waals surface area (Å²) in [6.45, 7) is 12.7. The molecule has 0 saturated carbocycles. The second-order valence-corrected chi connectivity index (χ2v) is 5.50. The van der Waals surface area contributed by atoms with Crippen LogP contribution in [0.25, 0.3) is 18.2 Å². The minimum Gasteiger partial charge on any atom is -0.0991 e. The molecule has 1 aromatic rings. The molecule has 0 fully saturated rings. The third-order valence-electron chi connectivity index (χ3n) is 4.14. The van der Waals surface area contributed by atoms with Gasteiger partial charge in [-0.15, -0.1) is 0 Å². The van der Waals surface area contributed by atoms with Gasteiger partial charge >= 0.3 is 0 Å². The van der Waals surface area contributed by atoms with Crippen LogP contribution in [-0.2, 0) is 6.42 Å². The Morgan fingerprint density at radius 3 is 2.60 bits per heavy atom. The Balaban J connectivity index is 2.92. The molecule has 0 bridgehead atoms. The molecule has 0 nitrogen and oxygen atoms in total. The van der Waals surface area contributed by atoms with E-state index in [9.17, 15) is 0 Å². The largest absolute Gasteiger partial charge is 0.0991 e. The summed E-state index contributed by atoms with van der Waals surface area (Å²) in [6, 6.07) is 0. The van der Waals surface area contributed by atoms with E-state index < -0.39 is 0 Å². The van der Waals surface area contributed by atoms with Crippen LogP contribution in [0.2, 0.25) is 0 Å². The van der Waals surface area contributed by atoms with Gasteiger partial charge in [0.25, 0.3) is 0 Å². The summed E-state index contributed by atoms with van der Waals surface area (Å²) in [4.78, 5) is 0. The van der Waals surface area contributed by atoms with Gasteiger partial charge in [0.05, 0.1) is 0 Å². The highest BCUT2D eigenvalue weighted by Gasteiger charge is 2.10. The van der Waals surface area contributed by atoms with Gasteiger partial charge in [-0.3, -0.25) is 0 Å². The fourth-order valence-corrected chi connectivity index (χ4v) is 3.06. The maximum absolute atomic E-state index is 3.79. The summed E-state index contributed by atoms with van der Waals surface area (Å²) >= 11 is 0. The highest BCUT2D eigenvalue weighted by molar-refractivity contribution is 5.64. The summed E-state index contributed by atoms with van der Waals surface area (Å²) < 4.78 is 0. The number of benzene rings is 1. The molecule has 0 radical (unpaired) electrons. The standard InChI is InChI=1S/C20H24/c1-6-8-11-18-16(5)20-13-14(3)10-9-12-19(20)15(4)17(18)7-2/h6,8-14H,1,7H2,2-5H3/b11-8-. The normalized spacial score (nSPS) is 17.3. The van der Waals surface area contributed by atoms with Gasteiger partial charge in [0.1, 0.15) is 0 Å². The molecular formula is C20H24. The van der Waals surface area contributed by atoms with Crippen LogP contribution in [0.3, 0.4) is 0 Å². The number of hydrogen-bond acceptors (Lipinski definition) is 0. The molecule has 1 aliphatic rings. The molecule has 0 saturated heterocycles. The van der Waals surface area contributed by atoms with Gasteiger partial charge in [0.2, 0.25) is 0 Å². The van der Waals surface area contributed by atoms with E-state index in [4.69, 9.17) is 0 Å². The van der Waals surface area contributed by atoms with Crippen molar-refractivity contribution in [1.29, 1.82) is 0 Å². The molecule has 0 amide bonds. The SMILES string of the molecule is C=C/C=C\c1c(CC)c(C)c2c(c1C)=CC(C)C=CC=2. The molecular weight excluding hydrogens is 240 g/mol. The zero-order valence-electron chi connectivity index (χ0n) is 13.0. The Bertz CT molecular complexity index is 697. The summed E-state index contributed by atoms with van der Waals surface area (Å²) in [5.41, 5.74) is 5.61. The lowest BCUT2D eigenvalue weighted by atomic mass is 9.90. The van der Waals surface area contributed by atoms with E-state index >= 15 is 0 Å². The average molecular weight is 264 g/mol. The number of hydrogen-bond donors (Lipinski definition) is 0. The van der Waals surface area contributed by atoms with Gasteiger partial charge in [-0.1, -0.05) is 63.0 Å². The molecule has 0 aliphatic heterocycles. The van der Waals surface area contributed by atoms with Crippen molar-refractivity contribution < 1.29 is 0 Å². The van der Waals surface area contributed by atoms with E-state index in [-0.39, 0.29) is 0 Å². The lowest BCUT2D eigenvalue weighted by Crippen LogP contribution is -2.32. The Morgan fingerprint density at radius 1 is 1.20 bits per heavy atom. The maximum atomic E-state index is 3.79. The first kappa shape index (κ1) is 14.6. The zero-order valence-corrected chi connectivity index (χ0v) is 13.0. The first-order valence-electron chi connectivity index (χ1n) is 7.41.